The summed E-state index contributed by atoms with van der Waals surface area (Å²) in [6.45, 7) is 4.86. The van der Waals surface area contributed by atoms with Gasteiger partial charge in [0.25, 0.3) is 0 Å². The third-order valence-corrected chi connectivity index (χ3v) is 8.02. The van der Waals surface area contributed by atoms with Crippen molar-refractivity contribution < 1.29 is 18.3 Å². The van der Waals surface area contributed by atoms with E-state index in [1.165, 1.54) is 0 Å². The maximum absolute atomic E-state index is 12.4. The maximum Gasteiger partial charge on any atom is 0.0894 e. The summed E-state index contributed by atoms with van der Waals surface area (Å²) in [6, 6.07) is 14.4. The van der Waals surface area contributed by atoms with Gasteiger partial charge >= 0.3 is 0 Å². The van der Waals surface area contributed by atoms with Crippen molar-refractivity contribution in [3.05, 3.63) is 70.8 Å². The second kappa shape index (κ2) is 21.0. The average Bonchev–Trinajstić information content (AvgIpc) is 3.81. The quantitative estimate of drug-likeness (QED) is 0.0917. The van der Waals surface area contributed by atoms with Crippen LogP contribution in [0.3, 0.4) is 0 Å². The molecule has 2 N–H and O–H groups in total. The standard InChI is InChI=1S/C36H44F2N4O2.2K/c1-25(43-17-9-5-3-7-15-37)33-21-31-20-29-12-11-27(39-29)19-28-13-14-30(40-28)23-35-34(22-32(42-35)24-36(33)41-31)26(2)44-18-10-6-4-8-16-38;;/h11-14,19-26,40-41H,3-10,15-18H2,1-2H3;;. The van der Waals surface area contributed by atoms with Crippen molar-refractivity contribution in [3.63, 3.8) is 0 Å². The fourth-order valence-electron chi connectivity index (χ4n) is 5.59. The number of hydrogen-bond acceptors (Lipinski definition) is 4. The summed E-state index contributed by atoms with van der Waals surface area (Å²) in [6.07, 6.45) is 12.6. The normalized spacial score (nSPS) is 13.5. The summed E-state index contributed by atoms with van der Waals surface area (Å²) in [5.41, 5.74) is 9.28. The molecule has 3 aromatic heterocycles. The van der Waals surface area contributed by atoms with E-state index in [0.29, 0.717) is 26.1 Å². The van der Waals surface area contributed by atoms with Gasteiger partial charge in [-0.2, -0.15) is 0 Å². The molecule has 3 aromatic rings. The van der Waals surface area contributed by atoms with Crippen molar-refractivity contribution in [2.75, 3.05) is 26.6 Å². The molecule has 6 nitrogen and oxygen atoms in total. The first-order valence-corrected chi connectivity index (χ1v) is 16.0. The van der Waals surface area contributed by atoms with E-state index in [2.05, 4.69) is 48.1 Å². The van der Waals surface area contributed by atoms with Gasteiger partial charge in [0.1, 0.15) is 0 Å². The summed E-state index contributed by atoms with van der Waals surface area (Å²) in [4.78, 5) is 16.9. The number of halogens is 2. The zero-order valence-corrected chi connectivity index (χ0v) is 34.1. The SMILES string of the molecule is CC(OCCCCCCF)C1=Cc2cc3[nH]c(cc4nc(cc5ccc(cc1n2)[nH]5)C=C4)cc3C(C)OCCCCCCF.[K].[K]. The minimum Gasteiger partial charge on any atom is -0.374 e. The molecule has 5 heterocycles. The third kappa shape index (κ3) is 11.9. The zero-order chi connectivity index (χ0) is 30.7. The molecule has 0 aliphatic carbocycles. The number of fused-ring (bicyclic) bond motifs is 8. The van der Waals surface area contributed by atoms with Gasteiger partial charge in [0, 0.05) is 149 Å². The van der Waals surface area contributed by atoms with Crippen LogP contribution in [0.15, 0.2) is 42.5 Å². The van der Waals surface area contributed by atoms with Gasteiger partial charge in [-0.25, -0.2) is 9.97 Å². The van der Waals surface area contributed by atoms with Gasteiger partial charge in [-0.1, -0.05) is 25.7 Å². The number of H-pyrrole nitrogens is 2. The molecule has 2 radical (unpaired) electrons. The first kappa shape index (κ1) is 40.1. The van der Waals surface area contributed by atoms with Gasteiger partial charge < -0.3 is 19.4 Å². The molecular weight excluding hydrogens is 637 g/mol. The van der Waals surface area contributed by atoms with E-state index < -0.39 is 0 Å². The molecule has 0 spiro atoms. The van der Waals surface area contributed by atoms with Crippen molar-refractivity contribution >= 4 is 149 Å². The number of aromatic amines is 2. The number of nitrogens with one attached hydrogen (secondary N) is 2. The van der Waals surface area contributed by atoms with Gasteiger partial charge in [0.15, 0.2) is 0 Å². The Hall–Kier alpha value is -0.347. The van der Waals surface area contributed by atoms with E-state index in [-0.39, 0.29) is 128 Å². The van der Waals surface area contributed by atoms with Gasteiger partial charge in [0.05, 0.1) is 48.3 Å². The summed E-state index contributed by atoms with van der Waals surface area (Å²) >= 11 is 0. The molecule has 2 atom stereocenters. The number of hydrogen-bond donors (Lipinski definition) is 2. The van der Waals surface area contributed by atoms with Crippen LogP contribution >= 0.6 is 0 Å². The van der Waals surface area contributed by atoms with Crippen molar-refractivity contribution in [1.82, 2.24) is 19.9 Å². The van der Waals surface area contributed by atoms with Crippen LogP contribution in [0.1, 0.15) is 99.7 Å². The second-order valence-corrected chi connectivity index (χ2v) is 11.6. The predicted octanol–water partition coefficient (Wildman–Crippen LogP) is 8.81. The Balaban J connectivity index is 0.00000288. The predicted molar refractivity (Wildman–Crippen MR) is 188 cm³/mol. The molecule has 10 heteroatoms. The molecule has 8 bridgehead atoms. The molecule has 0 saturated carbocycles. The summed E-state index contributed by atoms with van der Waals surface area (Å²) < 4.78 is 37.4. The second-order valence-electron chi connectivity index (χ2n) is 11.6. The zero-order valence-electron chi connectivity index (χ0n) is 27.9. The van der Waals surface area contributed by atoms with Gasteiger partial charge in [-0.15, -0.1) is 0 Å². The van der Waals surface area contributed by atoms with Crippen molar-refractivity contribution in [3.8, 4) is 0 Å². The molecule has 46 heavy (non-hydrogen) atoms. The number of alkyl halides is 2. The van der Waals surface area contributed by atoms with Gasteiger partial charge in [0.2, 0.25) is 0 Å². The summed E-state index contributed by atoms with van der Waals surface area (Å²) in [7, 11) is 0. The smallest absolute Gasteiger partial charge is 0.0894 e. The van der Waals surface area contributed by atoms with E-state index in [4.69, 9.17) is 19.4 Å². The fourth-order valence-corrected chi connectivity index (χ4v) is 5.59. The largest absolute Gasteiger partial charge is 0.374 e. The van der Waals surface area contributed by atoms with E-state index in [1.54, 1.807) is 0 Å². The molecule has 0 amide bonds. The first-order valence-electron chi connectivity index (χ1n) is 16.0. The summed E-state index contributed by atoms with van der Waals surface area (Å²) in [5, 5.41) is 0. The van der Waals surface area contributed by atoms with Crippen molar-refractivity contribution in [2.24, 2.45) is 0 Å². The molecule has 2 aliphatic rings. The molecule has 0 aromatic carbocycles. The van der Waals surface area contributed by atoms with Crippen LogP contribution in [-0.4, -0.2) is 155 Å². The molecule has 2 aliphatic heterocycles. The number of unbranched alkanes of at least 4 members (excludes halogenated alkanes) is 6. The van der Waals surface area contributed by atoms with E-state index in [9.17, 15) is 8.78 Å². The maximum atomic E-state index is 12.4. The van der Waals surface area contributed by atoms with E-state index >= 15 is 0 Å². The molecule has 0 fully saturated rings. The number of ether oxygens (including phenoxy) is 2. The molecule has 5 rings (SSSR count). The van der Waals surface area contributed by atoms with Crippen LogP contribution in [0.2, 0.25) is 0 Å². The van der Waals surface area contributed by atoms with Crippen LogP contribution < -0.4 is 0 Å². The Morgan fingerprint density at radius 1 is 0.630 bits per heavy atom. The average molecular weight is 681 g/mol. The van der Waals surface area contributed by atoms with Crippen LogP contribution in [0.25, 0.3) is 45.9 Å². The van der Waals surface area contributed by atoms with Crippen LogP contribution in [0.5, 0.6) is 0 Å². The molecule has 2 unspecified atom stereocenters. The van der Waals surface area contributed by atoms with Gasteiger partial charge in [-0.05, 0) is 100 Å². The monoisotopic (exact) mass is 680 g/mol. The Morgan fingerprint density at radius 2 is 1.22 bits per heavy atom. The Morgan fingerprint density at radius 3 is 1.87 bits per heavy atom. The number of aromatic nitrogens is 4. The van der Waals surface area contributed by atoms with E-state index in [1.807, 2.05) is 36.4 Å². The van der Waals surface area contributed by atoms with E-state index in [0.717, 1.165) is 94.5 Å². The first-order chi connectivity index (χ1) is 21.5. The third-order valence-electron chi connectivity index (χ3n) is 8.02. The molecule has 236 valence electrons. The Labute approximate surface area is 356 Å². The number of nitrogens with zero attached hydrogens (tertiary/aromatic N) is 2. The molecule has 0 saturated heterocycles. The molecular formula is C36H44F2K2N4O2. The number of rotatable bonds is 16. The van der Waals surface area contributed by atoms with Crippen LogP contribution in [0.4, 0.5) is 8.78 Å². The van der Waals surface area contributed by atoms with Gasteiger partial charge in [-0.3, -0.25) is 8.78 Å². The minimum atomic E-state index is -0.258. The van der Waals surface area contributed by atoms with Crippen molar-refractivity contribution in [2.45, 2.75) is 77.4 Å². The van der Waals surface area contributed by atoms with Crippen LogP contribution in [0, 0.1) is 0 Å². The van der Waals surface area contributed by atoms with Crippen molar-refractivity contribution in [1.29, 1.82) is 0 Å². The topological polar surface area (TPSA) is 75.8 Å². The fraction of sp³-hybridized carbons (Fsp3) is 0.444. The minimum absolute atomic E-state index is 0. The Bertz CT molecular complexity index is 1620. The Kier molecular flexibility index (Phi) is 18.3. The van der Waals surface area contributed by atoms with Crippen LogP contribution in [-0.2, 0) is 9.47 Å². The summed E-state index contributed by atoms with van der Waals surface area (Å²) in [5.74, 6) is 0.